The molecule has 0 radical (unpaired) electrons. The second-order valence-corrected chi connectivity index (χ2v) is 5.36. The first-order valence-corrected chi connectivity index (χ1v) is 6.67. The highest BCUT2D eigenvalue weighted by Crippen LogP contribution is 2.41. The van der Waals surface area contributed by atoms with Gasteiger partial charge in [0.05, 0.1) is 5.69 Å². The largest absolute Gasteiger partial charge is 0.476 e. The van der Waals surface area contributed by atoms with E-state index in [2.05, 4.69) is 5.10 Å². The molecule has 1 heterocycles. The van der Waals surface area contributed by atoms with Crippen LogP contribution in [0.25, 0.3) is 5.69 Å². The summed E-state index contributed by atoms with van der Waals surface area (Å²) in [6, 6.07) is 9.65. The van der Waals surface area contributed by atoms with Gasteiger partial charge in [0.15, 0.2) is 5.69 Å². The van der Waals surface area contributed by atoms with Gasteiger partial charge < -0.3 is 10.0 Å². The normalized spacial score (nSPS) is 14.3. The third-order valence-electron chi connectivity index (χ3n) is 3.56. The summed E-state index contributed by atoms with van der Waals surface area (Å²) in [5.41, 5.74) is 3.13. The Morgan fingerprint density at radius 1 is 1.30 bits per heavy atom. The lowest BCUT2D eigenvalue weighted by atomic mass is 10.2. The molecule has 1 saturated carbocycles. The second-order valence-electron chi connectivity index (χ2n) is 5.36. The predicted octanol–water partition coefficient (Wildman–Crippen LogP) is 2.51. The van der Waals surface area contributed by atoms with E-state index in [1.165, 1.54) is 0 Å². The molecule has 1 N–H and O–H groups in total. The molecule has 0 spiro atoms. The molecule has 0 unspecified atom stereocenters. The van der Waals surface area contributed by atoms with Gasteiger partial charge in [-0.15, -0.1) is 0 Å². The molecule has 1 aliphatic carbocycles. The second kappa shape index (κ2) is 4.67. The van der Waals surface area contributed by atoms with Crippen LogP contribution in [0.1, 0.15) is 34.9 Å². The number of aromatic carboxylic acids is 1. The molecule has 1 aliphatic rings. The molecular formula is C15H17N3O2. The molecule has 0 saturated heterocycles. The number of carbonyl (C=O) groups is 1. The van der Waals surface area contributed by atoms with Gasteiger partial charge in [-0.3, -0.25) is 0 Å². The van der Waals surface area contributed by atoms with Crippen LogP contribution in [0, 0.1) is 0 Å². The van der Waals surface area contributed by atoms with Crippen LogP contribution in [0.3, 0.4) is 0 Å². The molecule has 2 aromatic rings. The van der Waals surface area contributed by atoms with Crippen LogP contribution in [0.2, 0.25) is 0 Å². The number of anilines is 1. The fourth-order valence-electron chi connectivity index (χ4n) is 2.27. The Hall–Kier alpha value is -2.30. The fraction of sp³-hybridized carbons (Fsp3) is 0.333. The maximum atomic E-state index is 11.1. The average Bonchev–Trinajstić information content (AvgIpc) is 3.17. The molecule has 0 atom stereocenters. The number of hydrogen-bond acceptors (Lipinski definition) is 3. The van der Waals surface area contributed by atoms with Gasteiger partial charge in [0.1, 0.15) is 0 Å². The minimum Gasteiger partial charge on any atom is -0.476 e. The van der Waals surface area contributed by atoms with E-state index in [1.54, 1.807) is 10.7 Å². The van der Waals surface area contributed by atoms with Gasteiger partial charge in [-0.25, -0.2) is 9.48 Å². The summed E-state index contributed by atoms with van der Waals surface area (Å²) in [7, 11) is 3.97. The van der Waals surface area contributed by atoms with Crippen LogP contribution in [0.15, 0.2) is 30.3 Å². The van der Waals surface area contributed by atoms with Crippen molar-refractivity contribution < 1.29 is 9.90 Å². The number of rotatable bonds is 4. The molecule has 1 aromatic heterocycles. The number of carboxylic acid groups (broad SMARTS) is 1. The van der Waals surface area contributed by atoms with Gasteiger partial charge in [0.2, 0.25) is 0 Å². The summed E-state index contributed by atoms with van der Waals surface area (Å²) < 4.78 is 1.76. The van der Waals surface area contributed by atoms with Crippen molar-refractivity contribution in [3.63, 3.8) is 0 Å². The lowest BCUT2D eigenvalue weighted by molar-refractivity contribution is 0.0690. The van der Waals surface area contributed by atoms with E-state index in [4.69, 9.17) is 5.11 Å². The van der Waals surface area contributed by atoms with Crippen LogP contribution < -0.4 is 4.90 Å². The summed E-state index contributed by atoms with van der Waals surface area (Å²) in [6.45, 7) is 0. The van der Waals surface area contributed by atoms with Gasteiger partial charge in [0, 0.05) is 31.4 Å². The predicted molar refractivity (Wildman–Crippen MR) is 76.8 cm³/mol. The molecule has 104 valence electrons. The zero-order chi connectivity index (χ0) is 14.3. The standard InChI is InChI=1S/C15H17N3O2/c1-17(2)11-5-7-12(8-6-11)18-14(10-3-4-10)9-13(16-18)15(19)20/h5-10H,3-4H2,1-2H3,(H,19,20). The van der Waals surface area contributed by atoms with Crippen molar-refractivity contribution >= 4 is 11.7 Å². The Kier molecular flexibility index (Phi) is 2.97. The number of nitrogens with zero attached hydrogens (tertiary/aromatic N) is 3. The van der Waals surface area contributed by atoms with Gasteiger partial charge in [-0.1, -0.05) is 0 Å². The highest BCUT2D eigenvalue weighted by molar-refractivity contribution is 5.85. The van der Waals surface area contributed by atoms with Crippen LogP contribution in [-0.4, -0.2) is 35.0 Å². The van der Waals surface area contributed by atoms with Crippen LogP contribution in [-0.2, 0) is 0 Å². The first kappa shape index (κ1) is 12.7. The zero-order valence-electron chi connectivity index (χ0n) is 11.6. The van der Waals surface area contributed by atoms with E-state index >= 15 is 0 Å². The Morgan fingerprint density at radius 2 is 1.95 bits per heavy atom. The van der Waals surface area contributed by atoms with E-state index < -0.39 is 5.97 Å². The van der Waals surface area contributed by atoms with Gasteiger partial charge in [0.25, 0.3) is 0 Å². The lowest BCUT2D eigenvalue weighted by Crippen LogP contribution is -2.09. The number of aromatic nitrogens is 2. The van der Waals surface area contributed by atoms with Crippen molar-refractivity contribution in [2.45, 2.75) is 18.8 Å². The van der Waals surface area contributed by atoms with Crippen molar-refractivity contribution in [2.24, 2.45) is 0 Å². The third kappa shape index (κ3) is 2.27. The maximum Gasteiger partial charge on any atom is 0.356 e. The first-order valence-electron chi connectivity index (χ1n) is 6.67. The molecule has 0 aliphatic heterocycles. The van der Waals surface area contributed by atoms with E-state index in [9.17, 15) is 4.79 Å². The monoisotopic (exact) mass is 271 g/mol. The van der Waals surface area contributed by atoms with Crippen molar-refractivity contribution in [1.82, 2.24) is 9.78 Å². The minimum atomic E-state index is -0.976. The smallest absolute Gasteiger partial charge is 0.356 e. The van der Waals surface area contributed by atoms with Gasteiger partial charge in [-0.05, 0) is 43.2 Å². The van der Waals surface area contributed by atoms with Crippen molar-refractivity contribution in [3.05, 3.63) is 41.7 Å². The zero-order valence-corrected chi connectivity index (χ0v) is 11.6. The topological polar surface area (TPSA) is 58.4 Å². The van der Waals surface area contributed by atoms with Gasteiger partial charge >= 0.3 is 5.97 Å². The summed E-state index contributed by atoms with van der Waals surface area (Å²) in [5.74, 6) is -0.528. The average molecular weight is 271 g/mol. The van der Waals surface area contributed by atoms with Crippen molar-refractivity contribution in [3.8, 4) is 5.69 Å². The first-order chi connectivity index (χ1) is 9.56. The van der Waals surface area contributed by atoms with Crippen molar-refractivity contribution in [2.75, 3.05) is 19.0 Å². The van der Waals surface area contributed by atoms with Crippen LogP contribution >= 0.6 is 0 Å². The molecular weight excluding hydrogens is 254 g/mol. The Labute approximate surface area is 117 Å². The van der Waals surface area contributed by atoms with Crippen LogP contribution in [0.5, 0.6) is 0 Å². The number of benzene rings is 1. The Balaban J connectivity index is 2.01. The molecule has 5 nitrogen and oxygen atoms in total. The minimum absolute atomic E-state index is 0.114. The molecule has 1 fully saturated rings. The summed E-state index contributed by atoms with van der Waals surface area (Å²) in [6.07, 6.45) is 2.22. The Bertz CT molecular complexity index is 640. The summed E-state index contributed by atoms with van der Waals surface area (Å²) in [5, 5.41) is 13.3. The highest BCUT2D eigenvalue weighted by atomic mass is 16.4. The summed E-state index contributed by atoms with van der Waals surface area (Å²) >= 11 is 0. The maximum absolute atomic E-state index is 11.1. The molecule has 0 bridgehead atoms. The molecule has 20 heavy (non-hydrogen) atoms. The van der Waals surface area contributed by atoms with Crippen molar-refractivity contribution in [1.29, 1.82) is 0 Å². The molecule has 3 rings (SSSR count). The highest BCUT2D eigenvalue weighted by Gasteiger charge is 2.29. The SMILES string of the molecule is CN(C)c1ccc(-n2nc(C(=O)O)cc2C2CC2)cc1. The van der Waals surface area contributed by atoms with Crippen LogP contribution in [0.4, 0.5) is 5.69 Å². The van der Waals surface area contributed by atoms with E-state index in [0.29, 0.717) is 5.92 Å². The van der Waals surface area contributed by atoms with E-state index in [0.717, 1.165) is 29.9 Å². The lowest BCUT2D eigenvalue weighted by Gasteiger charge is -2.13. The van der Waals surface area contributed by atoms with E-state index in [1.807, 2.05) is 43.3 Å². The van der Waals surface area contributed by atoms with Gasteiger partial charge in [-0.2, -0.15) is 5.10 Å². The molecule has 1 aromatic carbocycles. The number of hydrogen-bond donors (Lipinski definition) is 1. The Morgan fingerprint density at radius 3 is 2.45 bits per heavy atom. The number of carboxylic acids is 1. The fourth-order valence-corrected chi connectivity index (χ4v) is 2.27. The third-order valence-corrected chi connectivity index (χ3v) is 3.56. The van der Waals surface area contributed by atoms with E-state index in [-0.39, 0.29) is 5.69 Å². The molecule has 0 amide bonds. The molecule has 5 heteroatoms. The quantitative estimate of drug-likeness (QED) is 0.928. The summed E-state index contributed by atoms with van der Waals surface area (Å²) in [4.78, 5) is 13.1.